The van der Waals surface area contributed by atoms with Gasteiger partial charge in [-0.2, -0.15) is 11.8 Å². The Labute approximate surface area is 245 Å². The standard InChI is InChI=1S/C26H48N6O8S/c1-14(2)12-19(26(39)40)31-25(38)21(15(3)4)32-23(36)17(8-6-7-10-27)29-24(37)18(13-20(33)34)30-22(35)16(28)9-11-41-5/h14-19,21H,6-13,27-28H2,1-5H3,(H,29,37)(H,30,35)(H,31,38)(H,32,36)(H,33,34)(H,39,40)/t16-,17-,18-,19-,21-/m0/s1. The molecule has 0 fully saturated rings. The summed E-state index contributed by atoms with van der Waals surface area (Å²) in [6, 6.07) is -5.90. The Morgan fingerprint density at radius 1 is 0.756 bits per heavy atom. The maximum Gasteiger partial charge on any atom is 0.326 e. The normalized spacial score (nSPS) is 14.9. The van der Waals surface area contributed by atoms with E-state index in [0.29, 0.717) is 31.6 Å². The molecule has 0 saturated heterocycles. The van der Waals surface area contributed by atoms with Crippen molar-refractivity contribution in [2.45, 2.75) is 96.4 Å². The van der Waals surface area contributed by atoms with Crippen molar-refractivity contribution in [3.8, 4) is 0 Å². The molecule has 0 aliphatic heterocycles. The van der Waals surface area contributed by atoms with Crippen LogP contribution in [0, 0.1) is 11.8 Å². The van der Waals surface area contributed by atoms with Crippen LogP contribution in [0.3, 0.4) is 0 Å². The minimum Gasteiger partial charge on any atom is -0.481 e. The number of carboxylic acids is 2. The largest absolute Gasteiger partial charge is 0.481 e. The fourth-order valence-corrected chi connectivity index (χ4v) is 4.31. The predicted octanol–water partition coefficient (Wildman–Crippen LogP) is -0.604. The number of rotatable bonds is 21. The zero-order valence-corrected chi connectivity index (χ0v) is 25.4. The third kappa shape index (κ3) is 15.6. The van der Waals surface area contributed by atoms with Gasteiger partial charge in [-0.05, 0) is 62.5 Å². The number of carbonyl (C=O) groups excluding carboxylic acids is 4. The number of carboxylic acid groups (broad SMARTS) is 2. The first-order chi connectivity index (χ1) is 19.1. The van der Waals surface area contributed by atoms with Gasteiger partial charge in [0.15, 0.2) is 0 Å². The van der Waals surface area contributed by atoms with Crippen LogP contribution >= 0.6 is 11.8 Å². The molecule has 236 valence electrons. The topological polar surface area (TPSA) is 243 Å². The Morgan fingerprint density at radius 2 is 1.32 bits per heavy atom. The van der Waals surface area contributed by atoms with E-state index in [1.807, 2.05) is 20.1 Å². The molecule has 0 aromatic carbocycles. The Kier molecular flexibility index (Phi) is 18.6. The Balaban J connectivity index is 5.80. The minimum absolute atomic E-state index is 0.00930. The lowest BCUT2D eigenvalue weighted by Crippen LogP contribution is -2.59. The first kappa shape index (κ1) is 38.1. The quantitative estimate of drug-likeness (QED) is 0.0769. The number of carbonyl (C=O) groups is 6. The van der Waals surface area contributed by atoms with Crippen molar-refractivity contribution in [3.05, 3.63) is 0 Å². The highest BCUT2D eigenvalue weighted by molar-refractivity contribution is 7.98. The van der Waals surface area contributed by atoms with Gasteiger partial charge in [0.05, 0.1) is 12.5 Å². The van der Waals surface area contributed by atoms with Crippen LogP contribution in [0.25, 0.3) is 0 Å². The highest BCUT2D eigenvalue weighted by atomic mass is 32.2. The number of amides is 4. The van der Waals surface area contributed by atoms with E-state index in [-0.39, 0.29) is 18.8 Å². The van der Waals surface area contributed by atoms with Gasteiger partial charge in [-0.15, -0.1) is 0 Å². The molecule has 0 saturated carbocycles. The van der Waals surface area contributed by atoms with Crippen molar-refractivity contribution < 1.29 is 39.0 Å². The van der Waals surface area contributed by atoms with Gasteiger partial charge in [0, 0.05) is 0 Å². The lowest BCUT2D eigenvalue weighted by Gasteiger charge is -2.28. The van der Waals surface area contributed by atoms with Crippen molar-refractivity contribution in [2.75, 3.05) is 18.6 Å². The van der Waals surface area contributed by atoms with Gasteiger partial charge in [0.25, 0.3) is 0 Å². The number of nitrogens with two attached hydrogens (primary N) is 2. The smallest absolute Gasteiger partial charge is 0.326 e. The zero-order valence-electron chi connectivity index (χ0n) is 24.6. The van der Waals surface area contributed by atoms with E-state index >= 15 is 0 Å². The summed E-state index contributed by atoms with van der Waals surface area (Å²) in [4.78, 5) is 74.9. The molecular weight excluding hydrogens is 556 g/mol. The van der Waals surface area contributed by atoms with Gasteiger partial charge in [0.1, 0.15) is 24.2 Å². The molecule has 0 heterocycles. The van der Waals surface area contributed by atoms with E-state index in [0.717, 1.165) is 0 Å². The lowest BCUT2D eigenvalue weighted by molar-refractivity contribution is -0.143. The van der Waals surface area contributed by atoms with Gasteiger partial charge in [-0.1, -0.05) is 27.7 Å². The first-order valence-electron chi connectivity index (χ1n) is 13.7. The fourth-order valence-electron chi connectivity index (χ4n) is 3.82. The number of nitrogens with one attached hydrogen (secondary N) is 4. The number of hydrogen-bond acceptors (Lipinski definition) is 9. The molecule has 0 bridgehead atoms. The van der Waals surface area contributed by atoms with E-state index in [1.54, 1.807) is 13.8 Å². The summed E-state index contributed by atoms with van der Waals surface area (Å²) in [5.41, 5.74) is 11.4. The van der Waals surface area contributed by atoms with Crippen molar-refractivity contribution in [1.82, 2.24) is 21.3 Å². The summed E-state index contributed by atoms with van der Waals surface area (Å²) in [6.45, 7) is 7.30. The number of thioether (sulfide) groups is 1. The molecule has 5 atom stereocenters. The highest BCUT2D eigenvalue weighted by Crippen LogP contribution is 2.10. The SMILES string of the molecule is CSCC[C@H](N)C(=O)N[C@@H](CC(=O)O)C(=O)N[C@@H](CCCCN)C(=O)N[C@H](C(=O)N[C@@H](CC(C)C)C(=O)O)C(C)C. The molecule has 0 spiro atoms. The summed E-state index contributed by atoms with van der Waals surface area (Å²) in [5.74, 6) is -5.43. The molecule has 0 aliphatic rings. The monoisotopic (exact) mass is 604 g/mol. The van der Waals surface area contributed by atoms with Crippen molar-refractivity contribution in [2.24, 2.45) is 23.3 Å². The molecule has 0 rings (SSSR count). The Morgan fingerprint density at radius 3 is 1.80 bits per heavy atom. The fraction of sp³-hybridized carbons (Fsp3) is 0.769. The second-order valence-electron chi connectivity index (χ2n) is 10.7. The molecule has 0 unspecified atom stereocenters. The molecule has 0 aliphatic carbocycles. The molecule has 0 aromatic rings. The van der Waals surface area contributed by atoms with Crippen molar-refractivity contribution in [3.63, 3.8) is 0 Å². The van der Waals surface area contributed by atoms with Crippen LogP contribution in [-0.4, -0.2) is 94.5 Å². The van der Waals surface area contributed by atoms with Gasteiger partial charge < -0.3 is 42.9 Å². The number of aliphatic carboxylic acids is 2. The second-order valence-corrected chi connectivity index (χ2v) is 11.6. The van der Waals surface area contributed by atoms with Crippen LogP contribution < -0.4 is 32.7 Å². The predicted molar refractivity (Wildman–Crippen MR) is 156 cm³/mol. The van der Waals surface area contributed by atoms with E-state index in [2.05, 4.69) is 21.3 Å². The van der Waals surface area contributed by atoms with E-state index in [4.69, 9.17) is 11.5 Å². The van der Waals surface area contributed by atoms with Gasteiger partial charge in [-0.3, -0.25) is 24.0 Å². The van der Waals surface area contributed by atoms with Crippen LogP contribution in [0.1, 0.15) is 66.2 Å². The van der Waals surface area contributed by atoms with Crippen LogP contribution in [0.2, 0.25) is 0 Å². The van der Waals surface area contributed by atoms with E-state index in [9.17, 15) is 39.0 Å². The van der Waals surface area contributed by atoms with Gasteiger partial charge in [-0.25, -0.2) is 4.79 Å². The van der Waals surface area contributed by atoms with Crippen molar-refractivity contribution in [1.29, 1.82) is 0 Å². The Hall–Kier alpha value is -2.91. The first-order valence-corrected chi connectivity index (χ1v) is 15.1. The molecule has 0 radical (unpaired) electrons. The van der Waals surface area contributed by atoms with Crippen LogP contribution in [0.5, 0.6) is 0 Å². The molecular formula is C26H48N6O8S. The highest BCUT2D eigenvalue weighted by Gasteiger charge is 2.33. The van der Waals surface area contributed by atoms with Gasteiger partial charge >= 0.3 is 11.9 Å². The molecule has 10 N–H and O–H groups in total. The summed E-state index contributed by atoms with van der Waals surface area (Å²) in [6.07, 6.45) is 2.68. The van der Waals surface area contributed by atoms with Gasteiger partial charge in [0.2, 0.25) is 23.6 Å². The summed E-state index contributed by atoms with van der Waals surface area (Å²) < 4.78 is 0. The maximum absolute atomic E-state index is 13.3. The van der Waals surface area contributed by atoms with E-state index < -0.39 is 78.1 Å². The summed E-state index contributed by atoms with van der Waals surface area (Å²) >= 11 is 1.48. The lowest BCUT2D eigenvalue weighted by atomic mass is 9.99. The summed E-state index contributed by atoms with van der Waals surface area (Å²) in [7, 11) is 0. The average Bonchev–Trinajstić information content (AvgIpc) is 2.87. The Bertz CT molecular complexity index is 888. The number of unbranched alkanes of at least 4 members (excludes halogenated alkanes) is 1. The minimum atomic E-state index is -1.50. The van der Waals surface area contributed by atoms with Crippen LogP contribution in [-0.2, 0) is 28.8 Å². The number of hydrogen-bond donors (Lipinski definition) is 8. The molecule has 15 heteroatoms. The van der Waals surface area contributed by atoms with Crippen molar-refractivity contribution >= 4 is 47.3 Å². The molecule has 41 heavy (non-hydrogen) atoms. The average molecular weight is 605 g/mol. The van der Waals surface area contributed by atoms with Crippen LogP contribution in [0.15, 0.2) is 0 Å². The molecule has 0 aromatic heterocycles. The molecule has 4 amide bonds. The summed E-state index contributed by atoms with van der Waals surface area (Å²) in [5, 5.41) is 28.7. The molecule has 14 nitrogen and oxygen atoms in total. The third-order valence-electron chi connectivity index (χ3n) is 6.13. The third-order valence-corrected chi connectivity index (χ3v) is 6.77. The maximum atomic E-state index is 13.3. The van der Waals surface area contributed by atoms with Crippen LogP contribution in [0.4, 0.5) is 0 Å². The second kappa shape index (κ2) is 20.0. The zero-order chi connectivity index (χ0) is 31.7. The van der Waals surface area contributed by atoms with E-state index in [1.165, 1.54) is 11.8 Å².